The van der Waals surface area contributed by atoms with E-state index in [1.54, 1.807) is 36.4 Å². The molecule has 2 aromatic carbocycles. The van der Waals surface area contributed by atoms with Crippen molar-refractivity contribution in [1.82, 2.24) is 4.98 Å². The molecule has 1 atom stereocenters. The second-order valence-electron chi connectivity index (χ2n) is 7.84. The number of nitrogens with zero attached hydrogens (tertiary/aromatic N) is 2. The van der Waals surface area contributed by atoms with Crippen molar-refractivity contribution < 1.29 is 23.8 Å². The van der Waals surface area contributed by atoms with Crippen LogP contribution in [0.15, 0.2) is 64.8 Å². The molecule has 0 spiro atoms. The van der Waals surface area contributed by atoms with Gasteiger partial charge in [-0.15, -0.1) is 0 Å². The summed E-state index contributed by atoms with van der Waals surface area (Å²) >= 11 is 1.32. The Labute approximate surface area is 193 Å². The molecule has 1 saturated heterocycles. The molecule has 2 aromatic heterocycles. The van der Waals surface area contributed by atoms with Crippen LogP contribution in [-0.2, 0) is 9.59 Å². The van der Waals surface area contributed by atoms with Gasteiger partial charge in [0.1, 0.15) is 23.3 Å². The number of carbonyl (C=O) groups is 2. The molecule has 1 aliphatic heterocycles. The van der Waals surface area contributed by atoms with E-state index in [1.165, 1.54) is 29.6 Å². The van der Waals surface area contributed by atoms with E-state index in [1.807, 2.05) is 26.0 Å². The van der Waals surface area contributed by atoms with Gasteiger partial charge in [0.15, 0.2) is 5.13 Å². The molecule has 0 radical (unpaired) electrons. The van der Waals surface area contributed by atoms with Crippen LogP contribution < -0.4 is 9.64 Å². The fourth-order valence-corrected chi connectivity index (χ4v) is 5.30. The summed E-state index contributed by atoms with van der Waals surface area (Å²) in [4.78, 5) is 32.4. The number of fused-ring (bicyclic) bond motifs is 1. The van der Waals surface area contributed by atoms with Crippen LogP contribution >= 0.6 is 11.3 Å². The summed E-state index contributed by atoms with van der Waals surface area (Å²) in [6.07, 6.45) is 1.47. The molecule has 0 unspecified atom stereocenters. The zero-order chi connectivity index (χ0) is 23.3. The quantitative estimate of drug-likeness (QED) is 0.257. The Morgan fingerprint density at radius 1 is 1.15 bits per heavy atom. The minimum absolute atomic E-state index is 0.0599. The van der Waals surface area contributed by atoms with Crippen molar-refractivity contribution in [2.45, 2.75) is 19.9 Å². The summed E-state index contributed by atoms with van der Waals surface area (Å²) in [5, 5.41) is 11.5. The highest BCUT2D eigenvalue weighted by Gasteiger charge is 2.49. The number of furan rings is 1. The first-order valence-electron chi connectivity index (χ1n) is 10.3. The minimum Gasteiger partial charge on any atom is -0.507 e. The van der Waals surface area contributed by atoms with Crippen molar-refractivity contribution in [3.05, 3.63) is 82.8 Å². The van der Waals surface area contributed by atoms with E-state index < -0.39 is 17.7 Å². The van der Waals surface area contributed by atoms with Crippen LogP contribution in [0.1, 0.15) is 28.5 Å². The van der Waals surface area contributed by atoms with Gasteiger partial charge in [0.05, 0.1) is 29.2 Å². The third kappa shape index (κ3) is 3.39. The van der Waals surface area contributed by atoms with E-state index in [-0.39, 0.29) is 11.3 Å². The van der Waals surface area contributed by atoms with Crippen molar-refractivity contribution in [3.8, 4) is 5.75 Å². The van der Waals surface area contributed by atoms with Crippen LogP contribution in [0.3, 0.4) is 0 Å². The van der Waals surface area contributed by atoms with Crippen molar-refractivity contribution in [1.29, 1.82) is 0 Å². The SMILES string of the molecule is COc1cccc(C(O)=C2C(=O)C(=O)N(c3nc4c(C)cc(C)cc4s3)[C@@H]2c2ccco2)c1. The number of benzene rings is 2. The van der Waals surface area contributed by atoms with Gasteiger partial charge in [0.2, 0.25) is 0 Å². The molecule has 5 rings (SSSR count). The van der Waals surface area contributed by atoms with Gasteiger partial charge in [-0.2, -0.15) is 0 Å². The largest absolute Gasteiger partial charge is 0.507 e. The number of methoxy groups -OCH3 is 1. The van der Waals surface area contributed by atoms with Crippen molar-refractivity contribution in [2.75, 3.05) is 12.0 Å². The third-order valence-electron chi connectivity index (χ3n) is 5.62. The van der Waals surface area contributed by atoms with Gasteiger partial charge in [-0.3, -0.25) is 14.5 Å². The molecule has 1 N–H and O–H groups in total. The molecule has 1 amide bonds. The molecule has 0 saturated carbocycles. The summed E-state index contributed by atoms with van der Waals surface area (Å²) in [6, 6.07) is 13.1. The van der Waals surface area contributed by atoms with Crippen LogP contribution in [0.25, 0.3) is 16.0 Å². The fraction of sp³-hybridized carbons (Fsp3) is 0.160. The average molecular weight is 461 g/mol. The first-order chi connectivity index (χ1) is 15.9. The lowest BCUT2D eigenvalue weighted by molar-refractivity contribution is -0.132. The highest BCUT2D eigenvalue weighted by molar-refractivity contribution is 7.22. The number of ketones is 1. The lowest BCUT2D eigenvalue weighted by Crippen LogP contribution is -2.29. The number of amides is 1. The first kappa shape index (κ1) is 21.0. The number of anilines is 1. The molecular formula is C25H20N2O5S. The van der Waals surface area contributed by atoms with E-state index >= 15 is 0 Å². The van der Waals surface area contributed by atoms with Gasteiger partial charge in [-0.1, -0.05) is 29.5 Å². The molecule has 166 valence electrons. The van der Waals surface area contributed by atoms with E-state index in [2.05, 4.69) is 4.98 Å². The molecule has 1 aliphatic rings. The molecule has 0 aliphatic carbocycles. The van der Waals surface area contributed by atoms with Gasteiger partial charge < -0.3 is 14.3 Å². The maximum atomic E-state index is 13.2. The Hall–Kier alpha value is -3.91. The number of aromatic nitrogens is 1. The van der Waals surface area contributed by atoms with Crippen LogP contribution in [0.5, 0.6) is 5.75 Å². The average Bonchev–Trinajstić information content (AvgIpc) is 3.52. The van der Waals surface area contributed by atoms with Crippen molar-refractivity contribution in [3.63, 3.8) is 0 Å². The zero-order valence-electron chi connectivity index (χ0n) is 18.2. The van der Waals surface area contributed by atoms with Crippen molar-refractivity contribution in [2.24, 2.45) is 0 Å². The Balaban J connectivity index is 1.72. The maximum Gasteiger partial charge on any atom is 0.302 e. The van der Waals surface area contributed by atoms with Crippen LogP contribution in [0.2, 0.25) is 0 Å². The molecule has 7 nitrogen and oxygen atoms in total. The maximum absolute atomic E-state index is 13.2. The Bertz CT molecular complexity index is 1430. The summed E-state index contributed by atoms with van der Waals surface area (Å²) in [6.45, 7) is 3.95. The van der Waals surface area contributed by atoms with E-state index in [4.69, 9.17) is 9.15 Å². The minimum atomic E-state index is -0.951. The van der Waals surface area contributed by atoms with E-state index in [9.17, 15) is 14.7 Å². The number of thiazole rings is 1. The summed E-state index contributed by atoms with van der Waals surface area (Å²) < 4.78 is 11.8. The number of aryl methyl sites for hydroxylation is 2. The second-order valence-corrected chi connectivity index (χ2v) is 8.85. The molecule has 3 heterocycles. The smallest absolute Gasteiger partial charge is 0.302 e. The molecule has 8 heteroatoms. The third-order valence-corrected chi connectivity index (χ3v) is 6.63. The standard InChI is InChI=1S/C25H20N2O5S/c1-13-10-14(2)20-18(11-13)33-25(26-20)27-21(17-8-5-9-32-17)19(23(29)24(27)30)22(28)15-6-4-7-16(12-15)31-3/h4-12,21,28H,1-3H3/t21-/m1/s1. The van der Waals surface area contributed by atoms with Crippen LogP contribution in [0, 0.1) is 13.8 Å². The number of aliphatic hydroxyl groups excluding tert-OH is 1. The van der Waals surface area contributed by atoms with Crippen molar-refractivity contribution >= 4 is 44.1 Å². The van der Waals surface area contributed by atoms with E-state index in [0.29, 0.717) is 22.2 Å². The molecular weight excluding hydrogens is 440 g/mol. The highest BCUT2D eigenvalue weighted by Crippen LogP contribution is 2.45. The number of ether oxygens (including phenoxy) is 1. The normalized spacial score (nSPS) is 17.8. The molecule has 4 aromatic rings. The topological polar surface area (TPSA) is 92.9 Å². The number of aliphatic hydroxyl groups is 1. The Morgan fingerprint density at radius 3 is 2.70 bits per heavy atom. The lowest BCUT2D eigenvalue weighted by atomic mass is 9.99. The monoisotopic (exact) mass is 460 g/mol. The van der Waals surface area contributed by atoms with Gasteiger partial charge in [0.25, 0.3) is 5.78 Å². The molecule has 1 fully saturated rings. The zero-order valence-corrected chi connectivity index (χ0v) is 19.0. The van der Waals surface area contributed by atoms with Crippen LogP contribution in [0.4, 0.5) is 5.13 Å². The van der Waals surface area contributed by atoms with Gasteiger partial charge in [-0.05, 0) is 55.3 Å². The van der Waals surface area contributed by atoms with E-state index in [0.717, 1.165) is 21.3 Å². The number of hydrogen-bond donors (Lipinski definition) is 1. The van der Waals surface area contributed by atoms with Gasteiger partial charge in [0, 0.05) is 5.56 Å². The number of hydrogen-bond acceptors (Lipinski definition) is 7. The van der Waals surface area contributed by atoms with Gasteiger partial charge in [-0.25, -0.2) is 4.98 Å². The van der Waals surface area contributed by atoms with Gasteiger partial charge >= 0.3 is 5.91 Å². The van der Waals surface area contributed by atoms with Crippen LogP contribution in [-0.4, -0.2) is 28.9 Å². The second kappa shape index (κ2) is 7.90. The highest BCUT2D eigenvalue weighted by atomic mass is 32.1. The fourth-order valence-electron chi connectivity index (χ4n) is 4.13. The predicted octanol–water partition coefficient (Wildman–Crippen LogP) is 5.14. The first-order valence-corrected chi connectivity index (χ1v) is 11.1. The predicted molar refractivity (Wildman–Crippen MR) is 126 cm³/mol. The Kier molecular flexibility index (Phi) is 5.02. The number of carbonyl (C=O) groups excluding carboxylic acids is 2. The lowest BCUT2D eigenvalue weighted by Gasteiger charge is -2.20. The molecule has 33 heavy (non-hydrogen) atoms. The summed E-state index contributed by atoms with van der Waals surface area (Å²) in [5.41, 5.74) is 3.14. The summed E-state index contributed by atoms with van der Waals surface area (Å²) in [7, 11) is 1.51. The molecule has 0 bridgehead atoms. The number of rotatable bonds is 4. The number of Topliss-reactive ketones (excluding diaryl/α,β-unsaturated/α-hetero) is 1. The Morgan fingerprint density at radius 2 is 1.97 bits per heavy atom. The summed E-state index contributed by atoms with van der Waals surface area (Å²) in [5.74, 6) is -1.01.